The van der Waals surface area contributed by atoms with E-state index >= 15 is 0 Å². The van der Waals surface area contributed by atoms with Gasteiger partial charge in [-0.1, -0.05) is 22.3 Å². The summed E-state index contributed by atoms with van der Waals surface area (Å²) in [6, 6.07) is 0. The first-order chi connectivity index (χ1) is 1.00. The monoisotopic (exact) mass is 119 g/mol. The van der Waals surface area contributed by atoms with Gasteiger partial charge < -0.3 is 1.43 Å². The zero-order valence-electron chi connectivity index (χ0n) is 3.96. The Morgan fingerprint density at radius 1 is 1.14 bits per heavy atom. The zero-order chi connectivity index (χ0) is 2.00. The Morgan fingerprint density at radius 3 is 1.14 bits per heavy atom. The Morgan fingerprint density at radius 2 is 1.14 bits per heavy atom. The largest absolute Gasteiger partial charge is 1.00 e. The van der Waals surface area contributed by atoms with E-state index in [4.69, 9.17) is 0 Å². The van der Waals surface area contributed by atoms with Crippen molar-refractivity contribution in [3.05, 3.63) is 0 Å². The summed E-state index contributed by atoms with van der Waals surface area (Å²) in [5.74, 6) is 0. The van der Waals surface area contributed by atoms with Crippen molar-refractivity contribution in [2.45, 2.75) is 22.3 Å². The quantitative estimate of drug-likeness (QED) is 0.376. The molecule has 0 aromatic rings. The van der Waals surface area contributed by atoms with E-state index < -0.39 is 0 Å². The van der Waals surface area contributed by atoms with Gasteiger partial charge in [-0.05, 0) is 0 Å². The number of hydrogen-bond acceptors (Lipinski definition) is 0. The fraction of sp³-hybridized carbons (Fsp3) is 1.00. The summed E-state index contributed by atoms with van der Waals surface area (Å²) >= 11 is 0. The molecule has 0 aliphatic rings. The van der Waals surface area contributed by atoms with Crippen LogP contribution in [0.15, 0.2) is 0 Å². The van der Waals surface area contributed by atoms with Crippen LogP contribution in [0.2, 0.25) is 0 Å². The molecule has 0 N–H and O–H groups in total. The van der Waals surface area contributed by atoms with E-state index in [1.807, 2.05) is 0 Å². The zero-order valence-corrected chi connectivity index (χ0v) is 4.96. The van der Waals surface area contributed by atoms with Crippen molar-refractivity contribution in [2.75, 3.05) is 7.18 Å². The molecule has 0 atom stereocenters. The van der Waals surface area contributed by atoms with Gasteiger partial charge in [-0.2, -0.15) is 0 Å². The van der Waals surface area contributed by atoms with E-state index in [2.05, 4.69) is 0 Å². The van der Waals surface area contributed by atoms with Crippen LogP contribution < -0.4 is 29.6 Å². The number of rotatable bonds is 0. The standard InChI is InChI=1S/CH3F.3CH4.B.Na.H2.H/c1-2;;;;;;;/h1H3;3*1H4;;;1H;/q;;;;;+1;;-1. The van der Waals surface area contributed by atoms with Crippen molar-refractivity contribution in [2.24, 2.45) is 0 Å². The molecule has 0 aliphatic carbocycles. The van der Waals surface area contributed by atoms with Gasteiger partial charge >= 0.3 is 29.6 Å². The second kappa shape index (κ2) is 254. The van der Waals surface area contributed by atoms with Crippen LogP contribution in [0.1, 0.15) is 25.1 Å². The van der Waals surface area contributed by atoms with E-state index in [9.17, 15) is 4.39 Å². The molecule has 0 saturated carbocycles. The summed E-state index contributed by atoms with van der Waals surface area (Å²) in [6.45, 7) is 0. The number of alkyl halides is 1. The molecule has 0 aromatic heterocycles. The Kier molecular flexibility index (Phi) is 3570. The van der Waals surface area contributed by atoms with Gasteiger partial charge in [0, 0.05) is 9.84 Å². The second-order valence-corrected chi connectivity index (χ2v) is 0. The van der Waals surface area contributed by atoms with Gasteiger partial charge in [-0.15, -0.1) is 0 Å². The molecule has 3 heteroatoms. The van der Waals surface area contributed by atoms with Crippen molar-refractivity contribution >= 4 is 8.41 Å². The van der Waals surface area contributed by atoms with Crippen LogP contribution in [0, 0.1) is 0 Å². The van der Waals surface area contributed by atoms with Gasteiger partial charge in [0.2, 0.25) is 0 Å². The van der Waals surface area contributed by atoms with Crippen molar-refractivity contribution in [1.29, 1.82) is 0 Å². The summed E-state index contributed by atoms with van der Waals surface area (Å²) < 4.78 is 9.50. The molecule has 0 bridgehead atoms. The molecular formula is C4H18BFNa. The summed E-state index contributed by atoms with van der Waals surface area (Å²) in [4.78, 5) is 0. The minimum atomic E-state index is 0. The van der Waals surface area contributed by atoms with E-state index in [1.165, 1.54) is 0 Å². The number of halogens is 1. The third kappa shape index (κ3) is 176. The maximum Gasteiger partial charge on any atom is 1.00 e. The van der Waals surface area contributed by atoms with Gasteiger partial charge in [0.15, 0.2) is 0 Å². The maximum absolute atomic E-state index is 9.50. The van der Waals surface area contributed by atoms with Gasteiger partial charge in [0.1, 0.15) is 0 Å². The van der Waals surface area contributed by atoms with Gasteiger partial charge in [-0.25, -0.2) is 0 Å². The fourth-order valence-corrected chi connectivity index (χ4v) is 0. The topological polar surface area (TPSA) is 0 Å². The van der Waals surface area contributed by atoms with Crippen LogP contribution in [-0.4, -0.2) is 15.6 Å². The molecule has 45 valence electrons. The van der Waals surface area contributed by atoms with Crippen molar-refractivity contribution in [3.8, 4) is 0 Å². The van der Waals surface area contributed by atoms with Crippen molar-refractivity contribution in [3.63, 3.8) is 0 Å². The molecule has 0 heterocycles. The molecule has 0 unspecified atom stereocenters. The molecule has 0 amide bonds. The summed E-state index contributed by atoms with van der Waals surface area (Å²) in [6.07, 6.45) is 0. The second-order valence-electron chi connectivity index (χ2n) is 0. The third-order valence-electron chi connectivity index (χ3n) is 0. The molecule has 0 saturated heterocycles. The van der Waals surface area contributed by atoms with Crippen LogP contribution >= 0.6 is 0 Å². The Hall–Kier alpha value is 0.995. The summed E-state index contributed by atoms with van der Waals surface area (Å²) in [5, 5.41) is 0. The third-order valence-corrected chi connectivity index (χ3v) is 0. The molecule has 3 radical (unpaired) electrons. The molecule has 0 nitrogen and oxygen atoms in total. The predicted molar refractivity (Wildman–Crippen MR) is 36.2 cm³/mol. The van der Waals surface area contributed by atoms with Crippen molar-refractivity contribution < 1.29 is 36.8 Å². The normalized spacial score (nSPS) is 0.857. The minimum Gasteiger partial charge on any atom is -1.00 e. The van der Waals surface area contributed by atoms with Crippen LogP contribution in [0.4, 0.5) is 4.39 Å². The first kappa shape index (κ1) is 98.3. The minimum absolute atomic E-state index is 0. The maximum atomic E-state index is 9.50. The van der Waals surface area contributed by atoms with E-state index in [1.54, 1.807) is 0 Å². The van der Waals surface area contributed by atoms with E-state index in [0.717, 1.165) is 0 Å². The molecule has 0 fully saturated rings. The van der Waals surface area contributed by atoms with Gasteiger partial charge in [-0.3, -0.25) is 4.39 Å². The van der Waals surface area contributed by atoms with E-state index in [-0.39, 0.29) is 63.1 Å². The smallest absolute Gasteiger partial charge is 1.00 e. The van der Waals surface area contributed by atoms with Crippen molar-refractivity contribution in [1.82, 2.24) is 0 Å². The molecule has 0 rings (SSSR count). The van der Waals surface area contributed by atoms with E-state index in [0.29, 0.717) is 7.18 Å². The first-order valence-corrected chi connectivity index (χ1v) is 0.378. The molecule has 0 aromatic carbocycles. The van der Waals surface area contributed by atoms with Gasteiger partial charge in [0.25, 0.3) is 0 Å². The number of hydrogen-bond donors (Lipinski definition) is 0. The fourth-order valence-electron chi connectivity index (χ4n) is 0. The first-order valence-electron chi connectivity index (χ1n) is 0.378. The van der Waals surface area contributed by atoms with Gasteiger partial charge in [0.05, 0.1) is 7.18 Å². The Bertz CT molecular complexity index is 18.5. The van der Waals surface area contributed by atoms with Crippen LogP contribution in [0.3, 0.4) is 0 Å². The predicted octanol–water partition coefficient (Wildman–Crippen LogP) is -0.524. The SMILES string of the molecule is C.C.C.CF.[B].[H-].[HH].[Na+]. The van der Waals surface area contributed by atoms with Crippen LogP contribution in [0.25, 0.3) is 0 Å². The average molecular weight is 119 g/mol. The Balaban J connectivity index is -0.000000000238. The summed E-state index contributed by atoms with van der Waals surface area (Å²) in [5.41, 5.74) is 0. The molecule has 7 heavy (non-hydrogen) atoms. The van der Waals surface area contributed by atoms with Crippen LogP contribution in [-0.2, 0) is 0 Å². The molecule has 0 spiro atoms. The van der Waals surface area contributed by atoms with Crippen LogP contribution in [0.5, 0.6) is 0 Å². The summed E-state index contributed by atoms with van der Waals surface area (Å²) in [7, 11) is 0.500. The Labute approximate surface area is 74.7 Å². The molecular weight excluding hydrogens is 101 g/mol. The average Bonchev–Trinajstić information content (AvgIpc) is 1.00. The molecule has 0 aliphatic heterocycles.